The second kappa shape index (κ2) is 11.7. The summed E-state index contributed by atoms with van der Waals surface area (Å²) in [4.78, 5) is 21.0. The van der Waals surface area contributed by atoms with Gasteiger partial charge in [-0.25, -0.2) is 0 Å². The Morgan fingerprint density at radius 1 is 0.865 bits per heavy atom. The average Bonchev–Trinajstić information content (AvgIpc) is 2.94. The van der Waals surface area contributed by atoms with Crippen molar-refractivity contribution >= 4 is 5.91 Å². The minimum atomic E-state index is 0.119. The molecule has 3 aliphatic carbocycles. The summed E-state index contributed by atoms with van der Waals surface area (Å²) < 4.78 is 0. The molecule has 6 rings (SSSR count). The van der Waals surface area contributed by atoms with Crippen LogP contribution in [-0.4, -0.2) is 85.0 Å². The van der Waals surface area contributed by atoms with Crippen molar-refractivity contribution in [3.8, 4) is 0 Å². The van der Waals surface area contributed by atoms with Gasteiger partial charge in [-0.3, -0.25) is 9.69 Å². The van der Waals surface area contributed by atoms with E-state index in [-0.39, 0.29) is 17.5 Å². The number of carbonyl (C=O) groups is 1. The van der Waals surface area contributed by atoms with Gasteiger partial charge in [-0.05, 0) is 68.3 Å². The molecule has 3 saturated carbocycles. The molecule has 5 nitrogen and oxygen atoms in total. The maximum absolute atomic E-state index is 13.4. The highest BCUT2D eigenvalue weighted by Gasteiger charge is 2.58. The number of amides is 1. The summed E-state index contributed by atoms with van der Waals surface area (Å²) in [5.41, 5.74) is 3.00. The minimum Gasteiger partial charge on any atom is -0.353 e. The quantitative estimate of drug-likeness (QED) is 0.545. The van der Waals surface area contributed by atoms with E-state index in [1.165, 1.54) is 24.0 Å². The first-order valence-electron chi connectivity index (χ1n) is 14.6. The Morgan fingerprint density at radius 2 is 1.41 bits per heavy atom. The lowest BCUT2D eigenvalue weighted by Gasteiger charge is -2.63. The fourth-order valence-corrected chi connectivity index (χ4v) is 7.70. The number of hydrogen-bond donors (Lipinski definition) is 1. The number of nitrogens with one attached hydrogen (secondary N) is 1. The van der Waals surface area contributed by atoms with Gasteiger partial charge in [0, 0.05) is 50.7 Å². The molecule has 1 amide bonds. The van der Waals surface area contributed by atoms with E-state index < -0.39 is 0 Å². The van der Waals surface area contributed by atoms with Crippen molar-refractivity contribution in [2.75, 3.05) is 52.9 Å². The van der Waals surface area contributed by atoms with Crippen LogP contribution < -0.4 is 5.32 Å². The summed E-state index contributed by atoms with van der Waals surface area (Å²) in [5.74, 6) is 1.52. The SMILES string of the molecule is CCN(CC)CCC(=O)NC1CC2(N3CCN(C)CC3)CC(c3ccccc3)C1C(c1ccccc1)C2. The molecule has 0 aromatic heterocycles. The second-order valence-electron chi connectivity index (χ2n) is 11.7. The van der Waals surface area contributed by atoms with Crippen LogP contribution in [0.2, 0.25) is 0 Å². The first-order valence-corrected chi connectivity index (χ1v) is 14.6. The fourth-order valence-electron chi connectivity index (χ4n) is 7.70. The lowest BCUT2D eigenvalue weighted by atomic mass is 9.51. The summed E-state index contributed by atoms with van der Waals surface area (Å²) in [6, 6.07) is 22.5. The van der Waals surface area contributed by atoms with Gasteiger partial charge in [0.2, 0.25) is 5.91 Å². The Kier molecular flexibility index (Phi) is 8.33. The maximum atomic E-state index is 13.4. The molecule has 5 heteroatoms. The monoisotopic (exact) mass is 502 g/mol. The van der Waals surface area contributed by atoms with Crippen molar-refractivity contribution in [2.45, 2.75) is 62.9 Å². The zero-order valence-corrected chi connectivity index (χ0v) is 23.1. The number of nitrogens with zero attached hydrogens (tertiary/aromatic N) is 3. The van der Waals surface area contributed by atoms with Gasteiger partial charge >= 0.3 is 0 Å². The summed E-state index contributed by atoms with van der Waals surface area (Å²) in [5, 5.41) is 3.62. The van der Waals surface area contributed by atoms with Crippen LogP contribution in [0.1, 0.15) is 62.5 Å². The van der Waals surface area contributed by atoms with Crippen molar-refractivity contribution in [1.29, 1.82) is 0 Å². The molecule has 200 valence electrons. The molecule has 4 aliphatic rings. The maximum Gasteiger partial charge on any atom is 0.221 e. The van der Waals surface area contributed by atoms with Crippen LogP contribution in [0.25, 0.3) is 0 Å². The van der Waals surface area contributed by atoms with Crippen molar-refractivity contribution in [2.24, 2.45) is 5.92 Å². The van der Waals surface area contributed by atoms with Gasteiger partial charge in [-0.15, -0.1) is 0 Å². The van der Waals surface area contributed by atoms with Gasteiger partial charge in [-0.2, -0.15) is 0 Å². The van der Waals surface area contributed by atoms with Crippen molar-refractivity contribution in [3.05, 3.63) is 71.8 Å². The summed E-state index contributed by atoms with van der Waals surface area (Å²) in [7, 11) is 2.24. The molecule has 1 N–H and O–H groups in total. The number of rotatable bonds is 9. The van der Waals surface area contributed by atoms with Crippen molar-refractivity contribution in [3.63, 3.8) is 0 Å². The Morgan fingerprint density at radius 3 is 1.92 bits per heavy atom. The molecule has 1 saturated heterocycles. The molecule has 4 fully saturated rings. The Bertz CT molecular complexity index is 950. The van der Waals surface area contributed by atoms with Gasteiger partial charge in [0.1, 0.15) is 0 Å². The number of likely N-dealkylation sites (N-methyl/N-ethyl adjacent to an activating group) is 1. The number of benzene rings is 2. The molecule has 2 bridgehead atoms. The molecule has 0 radical (unpaired) electrons. The third-order valence-corrected chi connectivity index (χ3v) is 9.72. The van der Waals surface area contributed by atoms with Gasteiger partial charge in [0.25, 0.3) is 0 Å². The summed E-state index contributed by atoms with van der Waals surface area (Å²) in [6.45, 7) is 11.7. The largest absolute Gasteiger partial charge is 0.353 e. The van der Waals surface area contributed by atoms with Crippen molar-refractivity contribution < 1.29 is 4.79 Å². The predicted octanol–water partition coefficient (Wildman–Crippen LogP) is 4.57. The number of fused-ring (bicyclic) bond motifs is 3. The highest BCUT2D eigenvalue weighted by molar-refractivity contribution is 5.76. The number of piperazine rings is 1. The van der Waals surface area contributed by atoms with Crippen LogP contribution in [0.15, 0.2) is 60.7 Å². The van der Waals surface area contributed by atoms with Crippen LogP contribution in [0.3, 0.4) is 0 Å². The van der Waals surface area contributed by atoms with E-state index in [9.17, 15) is 4.79 Å². The molecule has 3 unspecified atom stereocenters. The Hall–Kier alpha value is -2.21. The van der Waals surface area contributed by atoms with Crippen LogP contribution in [0.4, 0.5) is 0 Å². The second-order valence-corrected chi connectivity index (χ2v) is 11.7. The Balaban J connectivity index is 1.49. The number of carbonyl (C=O) groups excluding carboxylic acids is 1. The third kappa shape index (κ3) is 5.64. The zero-order valence-electron chi connectivity index (χ0n) is 23.1. The molecule has 37 heavy (non-hydrogen) atoms. The molecule has 1 heterocycles. The first-order chi connectivity index (χ1) is 18.0. The molecule has 0 spiro atoms. The minimum absolute atomic E-state index is 0.119. The topological polar surface area (TPSA) is 38.8 Å². The zero-order chi connectivity index (χ0) is 25.8. The van der Waals surface area contributed by atoms with Gasteiger partial charge in [0.15, 0.2) is 0 Å². The predicted molar refractivity (Wildman–Crippen MR) is 152 cm³/mol. The van der Waals surface area contributed by atoms with E-state index in [0.717, 1.165) is 52.2 Å². The van der Waals surface area contributed by atoms with E-state index in [4.69, 9.17) is 0 Å². The van der Waals surface area contributed by atoms with Crippen LogP contribution in [0, 0.1) is 5.92 Å². The fraction of sp³-hybridized carbons (Fsp3) is 0.594. The molecule has 3 atom stereocenters. The molecule has 2 aromatic rings. The van der Waals surface area contributed by atoms with E-state index in [0.29, 0.717) is 24.2 Å². The van der Waals surface area contributed by atoms with Gasteiger partial charge in [0.05, 0.1) is 0 Å². The van der Waals surface area contributed by atoms with Crippen LogP contribution in [0.5, 0.6) is 0 Å². The molecular weight excluding hydrogens is 456 g/mol. The van der Waals surface area contributed by atoms with E-state index >= 15 is 0 Å². The van der Waals surface area contributed by atoms with Gasteiger partial charge in [-0.1, -0.05) is 74.5 Å². The highest BCUT2D eigenvalue weighted by Crippen LogP contribution is 2.59. The lowest BCUT2D eigenvalue weighted by Crippen LogP contribution is -2.67. The smallest absolute Gasteiger partial charge is 0.221 e. The standard InChI is InChI=1S/C32H46N4O/c1-4-35(5-2)17-16-30(37)33-29-24-32(36-20-18-34(3)19-21-36)22-27(25-12-8-6-9-13-25)31(29)28(23-32)26-14-10-7-11-15-26/h6-15,27-29,31H,4-5,16-24H2,1-3H3,(H,33,37). The summed E-state index contributed by atoms with van der Waals surface area (Å²) >= 11 is 0. The van der Waals surface area contributed by atoms with Crippen LogP contribution >= 0.6 is 0 Å². The normalized spacial score (nSPS) is 30.5. The lowest BCUT2D eigenvalue weighted by molar-refractivity contribution is -0.126. The first kappa shape index (κ1) is 26.4. The average molecular weight is 503 g/mol. The summed E-state index contributed by atoms with van der Waals surface area (Å²) in [6.07, 6.45) is 4.05. The van der Waals surface area contributed by atoms with E-state index in [2.05, 4.69) is 102 Å². The van der Waals surface area contributed by atoms with E-state index in [1.54, 1.807) is 0 Å². The number of hydrogen-bond acceptors (Lipinski definition) is 4. The third-order valence-electron chi connectivity index (χ3n) is 9.72. The molecular formula is C32H46N4O. The van der Waals surface area contributed by atoms with Crippen molar-refractivity contribution in [1.82, 2.24) is 20.0 Å². The molecule has 1 aliphatic heterocycles. The highest BCUT2D eigenvalue weighted by atomic mass is 16.1. The van der Waals surface area contributed by atoms with E-state index in [1.807, 2.05) is 0 Å². The van der Waals surface area contributed by atoms with Gasteiger partial charge < -0.3 is 15.1 Å². The Labute approximate surface area is 224 Å². The van der Waals surface area contributed by atoms with Crippen LogP contribution in [-0.2, 0) is 4.79 Å². The molecule has 2 aromatic carbocycles.